The topological polar surface area (TPSA) is 83.9 Å². The number of carboxylic acid groups (broad SMARTS) is 1. The fourth-order valence-corrected chi connectivity index (χ4v) is 3.51. The van der Waals surface area contributed by atoms with Gasteiger partial charge in [0.25, 0.3) is 0 Å². The van der Waals surface area contributed by atoms with Crippen molar-refractivity contribution >= 4 is 29.6 Å². The third-order valence-corrected chi connectivity index (χ3v) is 4.40. The summed E-state index contributed by atoms with van der Waals surface area (Å²) in [6.45, 7) is 3.23. The summed E-state index contributed by atoms with van der Waals surface area (Å²) in [6.07, 6.45) is 0. The zero-order valence-electron chi connectivity index (χ0n) is 10.0. The number of β-lactam (4-membered cyclic amide) rings is 1. The van der Waals surface area contributed by atoms with E-state index in [-0.39, 0.29) is 18.0 Å². The Bertz CT molecular complexity index is 458. The van der Waals surface area contributed by atoms with Gasteiger partial charge in [0.1, 0.15) is 12.0 Å². The molecule has 0 spiro atoms. The van der Waals surface area contributed by atoms with E-state index in [9.17, 15) is 14.4 Å². The number of fused-ring (bicyclic) bond motifs is 1. The molecule has 0 radical (unpaired) electrons. The van der Waals surface area contributed by atoms with Crippen molar-refractivity contribution < 1.29 is 24.2 Å². The Kier molecular flexibility index (Phi) is 3.34. The van der Waals surface area contributed by atoms with Gasteiger partial charge in [0.05, 0.1) is 0 Å². The molecule has 2 atom stereocenters. The molecule has 0 saturated carbocycles. The molecule has 1 amide bonds. The molecule has 0 aliphatic carbocycles. The number of rotatable bonds is 3. The average molecular weight is 271 g/mol. The van der Waals surface area contributed by atoms with Crippen LogP contribution < -0.4 is 0 Å². The Hall–Kier alpha value is -1.50. The number of esters is 1. The number of aliphatic carboxylic acids is 1. The van der Waals surface area contributed by atoms with Crippen LogP contribution in [0.15, 0.2) is 11.3 Å². The van der Waals surface area contributed by atoms with Crippen LogP contribution in [0.2, 0.25) is 0 Å². The molecule has 1 fully saturated rings. The first kappa shape index (κ1) is 12.9. The predicted octanol–water partition coefficient (Wildman–Crippen LogP) is 0.439. The van der Waals surface area contributed by atoms with Crippen molar-refractivity contribution in [2.45, 2.75) is 19.2 Å². The lowest BCUT2D eigenvalue weighted by molar-refractivity contribution is -0.161. The standard InChI is InChI=1S/C11H13NO5S/c1-5-7(3-17-6(2)13)4-18-10-8(11(15)16)9(14)12(5)10/h8,10H,3-4H2,1-2H3,(H,15,16)/t8-,10-/m1/s1. The first-order chi connectivity index (χ1) is 8.43. The van der Waals surface area contributed by atoms with E-state index in [0.717, 1.165) is 5.57 Å². The van der Waals surface area contributed by atoms with Gasteiger partial charge in [0, 0.05) is 18.4 Å². The third-order valence-electron chi connectivity index (χ3n) is 3.06. The van der Waals surface area contributed by atoms with Crippen LogP contribution in [0.3, 0.4) is 0 Å². The summed E-state index contributed by atoms with van der Waals surface area (Å²) >= 11 is 1.39. The van der Waals surface area contributed by atoms with E-state index in [0.29, 0.717) is 11.4 Å². The van der Waals surface area contributed by atoms with Gasteiger partial charge in [-0.3, -0.25) is 14.4 Å². The van der Waals surface area contributed by atoms with Gasteiger partial charge < -0.3 is 14.7 Å². The minimum Gasteiger partial charge on any atom is -0.481 e. The Morgan fingerprint density at radius 2 is 2.22 bits per heavy atom. The van der Waals surface area contributed by atoms with Crippen molar-refractivity contribution in [1.82, 2.24) is 4.90 Å². The summed E-state index contributed by atoms with van der Waals surface area (Å²) in [5.41, 5.74) is 1.56. The molecule has 6 nitrogen and oxygen atoms in total. The number of allylic oxidation sites excluding steroid dienone is 1. The van der Waals surface area contributed by atoms with E-state index in [1.165, 1.54) is 23.6 Å². The first-order valence-corrected chi connectivity index (χ1v) is 6.48. The quantitative estimate of drug-likeness (QED) is 0.455. The van der Waals surface area contributed by atoms with Gasteiger partial charge in [-0.2, -0.15) is 0 Å². The molecule has 0 aromatic carbocycles. The number of amides is 1. The minimum atomic E-state index is -1.08. The van der Waals surface area contributed by atoms with Gasteiger partial charge >= 0.3 is 11.9 Å². The summed E-state index contributed by atoms with van der Waals surface area (Å²) in [5.74, 6) is -2.21. The van der Waals surface area contributed by atoms with Crippen LogP contribution in [0.4, 0.5) is 0 Å². The maximum absolute atomic E-state index is 11.7. The summed E-state index contributed by atoms with van der Waals surface area (Å²) in [6, 6.07) is 0. The second-order valence-corrected chi connectivity index (χ2v) is 5.30. The van der Waals surface area contributed by atoms with E-state index in [4.69, 9.17) is 9.84 Å². The van der Waals surface area contributed by atoms with Crippen molar-refractivity contribution in [3.63, 3.8) is 0 Å². The highest BCUT2D eigenvalue weighted by Crippen LogP contribution is 2.43. The summed E-state index contributed by atoms with van der Waals surface area (Å²) < 4.78 is 4.90. The van der Waals surface area contributed by atoms with E-state index in [1.807, 2.05) is 0 Å². The summed E-state index contributed by atoms with van der Waals surface area (Å²) in [5, 5.41) is 8.60. The van der Waals surface area contributed by atoms with Crippen LogP contribution in [0.5, 0.6) is 0 Å². The van der Waals surface area contributed by atoms with Crippen molar-refractivity contribution in [2.24, 2.45) is 5.92 Å². The van der Waals surface area contributed by atoms with E-state index in [1.54, 1.807) is 6.92 Å². The lowest BCUT2D eigenvalue weighted by Gasteiger charge is -2.48. The fourth-order valence-electron chi connectivity index (χ4n) is 2.01. The number of carbonyl (C=O) groups is 3. The molecular weight excluding hydrogens is 258 g/mol. The van der Waals surface area contributed by atoms with Gasteiger partial charge in [-0.05, 0) is 12.5 Å². The van der Waals surface area contributed by atoms with Crippen LogP contribution in [-0.4, -0.2) is 45.6 Å². The van der Waals surface area contributed by atoms with Gasteiger partial charge in [0.2, 0.25) is 5.91 Å². The molecule has 2 heterocycles. The Morgan fingerprint density at radius 1 is 1.56 bits per heavy atom. The van der Waals surface area contributed by atoms with Gasteiger partial charge in [-0.15, -0.1) is 11.8 Å². The Labute approximate surface area is 108 Å². The predicted molar refractivity (Wildman–Crippen MR) is 63.6 cm³/mol. The van der Waals surface area contributed by atoms with Crippen LogP contribution in [0, 0.1) is 5.92 Å². The van der Waals surface area contributed by atoms with Crippen molar-refractivity contribution in [3.8, 4) is 0 Å². The lowest BCUT2D eigenvalue weighted by Crippen LogP contribution is -2.62. The largest absolute Gasteiger partial charge is 0.481 e. The van der Waals surface area contributed by atoms with Gasteiger partial charge in [-0.1, -0.05) is 0 Å². The molecule has 0 bridgehead atoms. The molecule has 18 heavy (non-hydrogen) atoms. The Morgan fingerprint density at radius 3 is 2.78 bits per heavy atom. The molecule has 2 aliphatic rings. The smallest absolute Gasteiger partial charge is 0.319 e. The molecule has 2 aliphatic heterocycles. The average Bonchev–Trinajstić information content (AvgIpc) is 2.25. The van der Waals surface area contributed by atoms with Crippen LogP contribution in [0.1, 0.15) is 13.8 Å². The van der Waals surface area contributed by atoms with Crippen molar-refractivity contribution in [2.75, 3.05) is 12.4 Å². The summed E-state index contributed by atoms with van der Waals surface area (Å²) in [4.78, 5) is 34.9. The van der Waals surface area contributed by atoms with Crippen LogP contribution >= 0.6 is 11.8 Å². The van der Waals surface area contributed by atoms with Gasteiger partial charge in [-0.25, -0.2) is 0 Å². The first-order valence-electron chi connectivity index (χ1n) is 5.43. The number of hydrogen-bond acceptors (Lipinski definition) is 5. The number of nitrogens with zero attached hydrogens (tertiary/aromatic N) is 1. The maximum atomic E-state index is 11.7. The molecular formula is C11H13NO5S. The fraction of sp³-hybridized carbons (Fsp3) is 0.545. The highest BCUT2D eigenvalue weighted by atomic mass is 32.2. The number of carbonyl (C=O) groups excluding carboxylic acids is 2. The molecule has 0 aromatic rings. The third kappa shape index (κ3) is 1.98. The second-order valence-electron chi connectivity index (χ2n) is 4.19. The molecule has 1 N–H and O–H groups in total. The molecule has 7 heteroatoms. The highest BCUT2D eigenvalue weighted by Gasteiger charge is 2.54. The van der Waals surface area contributed by atoms with E-state index >= 15 is 0 Å². The second kappa shape index (κ2) is 4.64. The highest BCUT2D eigenvalue weighted by molar-refractivity contribution is 8.00. The van der Waals surface area contributed by atoms with Gasteiger partial charge in [0.15, 0.2) is 5.92 Å². The SMILES string of the molecule is CC(=O)OCC1=C(C)N2C(=O)[C@@H](C(=O)O)[C@H]2SC1. The van der Waals surface area contributed by atoms with Crippen LogP contribution in [0.25, 0.3) is 0 Å². The molecule has 98 valence electrons. The number of carboxylic acids is 1. The zero-order valence-corrected chi connectivity index (χ0v) is 10.8. The summed E-state index contributed by atoms with van der Waals surface area (Å²) in [7, 11) is 0. The number of thioether (sulfide) groups is 1. The van der Waals surface area contributed by atoms with E-state index < -0.39 is 17.8 Å². The molecule has 0 unspecified atom stereocenters. The minimum absolute atomic E-state index is 0.155. The normalized spacial score (nSPS) is 26.6. The molecule has 1 saturated heterocycles. The molecule has 2 rings (SSSR count). The van der Waals surface area contributed by atoms with Crippen molar-refractivity contribution in [1.29, 1.82) is 0 Å². The number of hydrogen-bond donors (Lipinski definition) is 1. The zero-order chi connectivity index (χ0) is 13.4. The monoisotopic (exact) mass is 271 g/mol. The van der Waals surface area contributed by atoms with Crippen LogP contribution in [-0.2, 0) is 19.1 Å². The molecule has 0 aromatic heterocycles. The number of ether oxygens (including phenoxy) is 1. The van der Waals surface area contributed by atoms with Crippen molar-refractivity contribution in [3.05, 3.63) is 11.3 Å². The lowest BCUT2D eigenvalue weighted by atomic mass is 9.96. The Balaban J connectivity index is 2.12. The van der Waals surface area contributed by atoms with E-state index in [2.05, 4.69) is 0 Å². The maximum Gasteiger partial charge on any atom is 0.319 e.